The summed E-state index contributed by atoms with van der Waals surface area (Å²) < 4.78 is 58.6. The minimum Gasteiger partial charge on any atom is -0.472 e. The van der Waals surface area contributed by atoms with Crippen molar-refractivity contribution in [3.8, 4) is 5.88 Å². The molecule has 0 aliphatic heterocycles. The van der Waals surface area contributed by atoms with Gasteiger partial charge >= 0.3 is 6.18 Å². The van der Waals surface area contributed by atoms with E-state index in [1.165, 1.54) is 24.3 Å². The number of aromatic nitrogens is 2. The molecule has 0 atom stereocenters. The van der Waals surface area contributed by atoms with Gasteiger partial charge < -0.3 is 9.64 Å². The largest absolute Gasteiger partial charge is 0.472 e. The van der Waals surface area contributed by atoms with Crippen LogP contribution in [0.2, 0.25) is 0 Å². The molecule has 0 radical (unpaired) electrons. The van der Waals surface area contributed by atoms with Gasteiger partial charge in [-0.1, -0.05) is 30.3 Å². The third kappa shape index (κ3) is 4.57. The Morgan fingerprint density at radius 2 is 1.68 bits per heavy atom. The van der Waals surface area contributed by atoms with E-state index in [0.717, 1.165) is 0 Å². The molecule has 3 rings (SSSR count). The molecular weight excluding hydrogens is 374 g/mol. The summed E-state index contributed by atoms with van der Waals surface area (Å²) >= 11 is 0. The molecule has 4 nitrogen and oxygen atoms in total. The van der Waals surface area contributed by atoms with Crippen LogP contribution in [0.3, 0.4) is 0 Å². The average molecular weight is 391 g/mol. The van der Waals surface area contributed by atoms with Crippen LogP contribution in [0.5, 0.6) is 5.88 Å². The number of nitrogens with zero attached hydrogens (tertiary/aromatic N) is 3. The molecule has 0 spiro atoms. The Labute approximate surface area is 159 Å². The minimum atomic E-state index is -4.66. The maximum atomic E-state index is 13.3. The van der Waals surface area contributed by atoms with Gasteiger partial charge in [0.05, 0.1) is 0 Å². The Bertz CT molecular complexity index is 915. The molecule has 0 fully saturated rings. The molecule has 0 aliphatic rings. The molecule has 0 amide bonds. The Morgan fingerprint density at radius 1 is 1.00 bits per heavy atom. The maximum absolute atomic E-state index is 13.3. The fourth-order valence-electron chi connectivity index (χ4n) is 2.58. The molecule has 146 valence electrons. The van der Waals surface area contributed by atoms with Crippen LogP contribution in [0.15, 0.2) is 60.8 Å². The fourth-order valence-corrected chi connectivity index (χ4v) is 2.58. The van der Waals surface area contributed by atoms with Crippen molar-refractivity contribution in [1.29, 1.82) is 0 Å². The van der Waals surface area contributed by atoms with Crippen molar-refractivity contribution in [3.05, 3.63) is 77.7 Å². The lowest BCUT2D eigenvalue weighted by atomic mass is 10.2. The fraction of sp³-hybridized carbons (Fsp3) is 0.200. The zero-order chi connectivity index (χ0) is 20.1. The molecule has 0 bridgehead atoms. The number of alkyl halides is 3. The SMILES string of the molecule is CCN(c1ccc(F)cc1)c1ncc(C(F)(F)F)c(OCc2ccccc2)n1. The number of hydrogen-bond donors (Lipinski definition) is 0. The molecule has 0 aliphatic carbocycles. The van der Waals surface area contributed by atoms with Crippen LogP contribution in [0.25, 0.3) is 0 Å². The third-order valence-electron chi connectivity index (χ3n) is 3.96. The Morgan fingerprint density at radius 3 is 2.29 bits per heavy atom. The molecule has 28 heavy (non-hydrogen) atoms. The maximum Gasteiger partial charge on any atom is 0.423 e. The summed E-state index contributed by atoms with van der Waals surface area (Å²) in [7, 11) is 0. The summed E-state index contributed by atoms with van der Waals surface area (Å²) in [5, 5.41) is 0. The smallest absolute Gasteiger partial charge is 0.423 e. The Hall–Kier alpha value is -3.16. The van der Waals surface area contributed by atoms with Crippen LogP contribution in [-0.2, 0) is 12.8 Å². The van der Waals surface area contributed by atoms with E-state index in [4.69, 9.17) is 4.74 Å². The van der Waals surface area contributed by atoms with Crippen LogP contribution in [0, 0.1) is 5.82 Å². The number of halogens is 4. The van der Waals surface area contributed by atoms with Crippen molar-refractivity contribution in [2.45, 2.75) is 19.7 Å². The first-order chi connectivity index (χ1) is 13.4. The number of anilines is 2. The molecule has 0 saturated carbocycles. The van der Waals surface area contributed by atoms with Gasteiger partial charge in [-0.15, -0.1) is 0 Å². The highest BCUT2D eigenvalue weighted by molar-refractivity contribution is 5.57. The minimum absolute atomic E-state index is 0.0326. The van der Waals surface area contributed by atoms with E-state index in [-0.39, 0.29) is 12.6 Å². The van der Waals surface area contributed by atoms with Crippen LogP contribution in [-0.4, -0.2) is 16.5 Å². The van der Waals surface area contributed by atoms with Crippen molar-refractivity contribution < 1.29 is 22.3 Å². The van der Waals surface area contributed by atoms with E-state index in [0.29, 0.717) is 24.0 Å². The van der Waals surface area contributed by atoms with E-state index in [2.05, 4.69) is 9.97 Å². The summed E-state index contributed by atoms with van der Waals surface area (Å²) in [6, 6.07) is 14.3. The molecule has 1 heterocycles. The Balaban J connectivity index is 1.95. The summed E-state index contributed by atoms with van der Waals surface area (Å²) in [6.45, 7) is 2.09. The van der Waals surface area contributed by atoms with Crippen molar-refractivity contribution in [2.24, 2.45) is 0 Å². The highest BCUT2D eigenvalue weighted by Gasteiger charge is 2.36. The van der Waals surface area contributed by atoms with Gasteiger partial charge in [0.2, 0.25) is 11.8 Å². The molecule has 8 heteroatoms. The van der Waals surface area contributed by atoms with Crippen LogP contribution >= 0.6 is 0 Å². The predicted molar refractivity (Wildman–Crippen MR) is 96.9 cm³/mol. The lowest BCUT2D eigenvalue weighted by molar-refractivity contribution is -0.139. The van der Waals surface area contributed by atoms with Gasteiger partial charge in [0, 0.05) is 18.4 Å². The lowest BCUT2D eigenvalue weighted by Crippen LogP contribution is -2.20. The number of ether oxygens (including phenoxy) is 1. The van der Waals surface area contributed by atoms with E-state index in [1.807, 2.05) is 0 Å². The molecule has 0 N–H and O–H groups in total. The molecule has 0 unspecified atom stereocenters. The van der Waals surface area contributed by atoms with Crippen LogP contribution in [0.1, 0.15) is 18.1 Å². The summed E-state index contributed by atoms with van der Waals surface area (Å²) in [5.74, 6) is -0.938. The van der Waals surface area contributed by atoms with Crippen LogP contribution < -0.4 is 9.64 Å². The third-order valence-corrected chi connectivity index (χ3v) is 3.96. The zero-order valence-corrected chi connectivity index (χ0v) is 14.9. The zero-order valence-electron chi connectivity index (χ0n) is 14.9. The normalized spacial score (nSPS) is 11.3. The second-order valence-electron chi connectivity index (χ2n) is 5.88. The van der Waals surface area contributed by atoms with Crippen molar-refractivity contribution >= 4 is 11.6 Å². The second-order valence-corrected chi connectivity index (χ2v) is 5.88. The highest BCUT2D eigenvalue weighted by Crippen LogP contribution is 2.36. The van der Waals surface area contributed by atoms with Gasteiger partial charge in [0.15, 0.2) is 0 Å². The summed E-state index contributed by atoms with van der Waals surface area (Å²) in [6.07, 6.45) is -3.95. The summed E-state index contributed by atoms with van der Waals surface area (Å²) in [4.78, 5) is 9.42. The molecule has 1 aromatic heterocycles. The monoisotopic (exact) mass is 391 g/mol. The molecule has 2 aromatic carbocycles. The van der Waals surface area contributed by atoms with E-state index in [1.54, 1.807) is 42.2 Å². The van der Waals surface area contributed by atoms with Crippen molar-refractivity contribution in [3.63, 3.8) is 0 Å². The lowest BCUT2D eigenvalue weighted by Gasteiger charge is -2.22. The quantitative estimate of drug-likeness (QED) is 0.530. The first kappa shape index (κ1) is 19.6. The van der Waals surface area contributed by atoms with E-state index >= 15 is 0 Å². The van der Waals surface area contributed by atoms with E-state index < -0.39 is 23.4 Å². The average Bonchev–Trinajstić information content (AvgIpc) is 2.68. The standard InChI is InChI=1S/C20H17F4N3O/c1-2-27(16-10-8-15(21)9-11-16)19-25-12-17(20(22,23)24)18(26-19)28-13-14-6-4-3-5-7-14/h3-12H,2,13H2,1H3. The van der Waals surface area contributed by atoms with Gasteiger partial charge in [-0.2, -0.15) is 18.2 Å². The van der Waals surface area contributed by atoms with Gasteiger partial charge in [-0.05, 0) is 36.8 Å². The van der Waals surface area contributed by atoms with Gasteiger partial charge in [-0.25, -0.2) is 9.37 Å². The predicted octanol–water partition coefficient (Wildman–Crippen LogP) is 5.37. The van der Waals surface area contributed by atoms with Crippen molar-refractivity contribution in [1.82, 2.24) is 9.97 Å². The molecular formula is C20H17F4N3O. The topological polar surface area (TPSA) is 38.2 Å². The number of rotatable bonds is 6. The first-order valence-electron chi connectivity index (χ1n) is 8.52. The van der Waals surface area contributed by atoms with Gasteiger partial charge in [-0.3, -0.25) is 0 Å². The van der Waals surface area contributed by atoms with Gasteiger partial charge in [0.25, 0.3) is 0 Å². The molecule has 0 saturated heterocycles. The number of benzene rings is 2. The van der Waals surface area contributed by atoms with Crippen molar-refractivity contribution in [2.75, 3.05) is 11.4 Å². The first-order valence-corrected chi connectivity index (χ1v) is 8.52. The van der Waals surface area contributed by atoms with E-state index in [9.17, 15) is 17.6 Å². The summed E-state index contributed by atoms with van der Waals surface area (Å²) in [5.41, 5.74) is 0.210. The highest BCUT2D eigenvalue weighted by atomic mass is 19.4. The second kappa shape index (κ2) is 8.24. The van der Waals surface area contributed by atoms with Gasteiger partial charge in [0.1, 0.15) is 18.0 Å². The number of hydrogen-bond acceptors (Lipinski definition) is 4. The molecule has 3 aromatic rings. The Kier molecular flexibility index (Phi) is 5.77. The van der Waals surface area contributed by atoms with Crippen LogP contribution in [0.4, 0.5) is 29.2 Å².